The molecule has 2 aromatic rings. The maximum atomic E-state index is 4.04. The normalized spacial score (nSPS) is 10.8. The van der Waals surface area contributed by atoms with E-state index in [4.69, 9.17) is 0 Å². The molecule has 0 saturated carbocycles. The van der Waals surface area contributed by atoms with Gasteiger partial charge in [-0.05, 0) is 34.5 Å². The second-order valence-corrected chi connectivity index (χ2v) is 6.67. The molecule has 2 rings (SSSR count). The van der Waals surface area contributed by atoms with E-state index in [1.807, 2.05) is 11.7 Å². The molecule has 0 fully saturated rings. The second-order valence-electron chi connectivity index (χ2n) is 3.24. The highest BCUT2D eigenvalue weighted by molar-refractivity contribution is 9.11. The molecule has 0 unspecified atom stereocenters. The van der Waals surface area contributed by atoms with Crippen LogP contribution in [0.25, 0.3) is 0 Å². The third-order valence-corrected chi connectivity index (χ3v) is 4.91. The van der Waals surface area contributed by atoms with Gasteiger partial charge in [-0.15, -0.1) is 22.7 Å². The molecule has 2 nitrogen and oxygen atoms in total. The highest BCUT2D eigenvalue weighted by atomic mass is 79.9. The number of hydrogen-bond donors (Lipinski definition) is 1. The maximum absolute atomic E-state index is 4.04. The summed E-state index contributed by atoms with van der Waals surface area (Å²) in [6.07, 6.45) is 1.91. The molecule has 0 atom stereocenters. The van der Waals surface area contributed by atoms with Crippen LogP contribution in [0, 0.1) is 6.92 Å². The maximum Gasteiger partial charge on any atom is 0.0794 e. The van der Waals surface area contributed by atoms with Crippen molar-refractivity contribution < 1.29 is 0 Å². The summed E-state index contributed by atoms with van der Waals surface area (Å²) in [7, 11) is 0. The topological polar surface area (TPSA) is 24.9 Å². The van der Waals surface area contributed by atoms with E-state index in [0.717, 1.165) is 13.1 Å². The van der Waals surface area contributed by atoms with Crippen molar-refractivity contribution in [2.45, 2.75) is 20.0 Å². The Kier molecular flexibility index (Phi) is 3.91. The lowest BCUT2D eigenvalue weighted by Crippen LogP contribution is -2.10. The third-order valence-electron chi connectivity index (χ3n) is 1.99. The number of thiazole rings is 1. The van der Waals surface area contributed by atoms with Crippen LogP contribution in [0.4, 0.5) is 0 Å². The average Bonchev–Trinajstić information content (AvgIpc) is 2.79. The van der Waals surface area contributed by atoms with Gasteiger partial charge in [0, 0.05) is 29.0 Å². The van der Waals surface area contributed by atoms with Gasteiger partial charge in [0.25, 0.3) is 0 Å². The first-order valence-electron chi connectivity index (χ1n) is 4.58. The summed E-state index contributed by atoms with van der Waals surface area (Å²) in [5, 5.41) is 3.40. The van der Waals surface area contributed by atoms with Crippen molar-refractivity contribution in [2.75, 3.05) is 0 Å². The SMILES string of the molecule is Cc1cc(CNCc2cncs2)sc1Br. The highest BCUT2D eigenvalue weighted by Gasteiger charge is 2.02. The predicted molar refractivity (Wildman–Crippen MR) is 69.4 cm³/mol. The lowest BCUT2D eigenvalue weighted by atomic mass is 10.3. The average molecular weight is 303 g/mol. The van der Waals surface area contributed by atoms with E-state index in [-0.39, 0.29) is 0 Å². The standard InChI is InChI=1S/C10H11BrN2S2/c1-7-2-8(15-10(7)11)3-12-4-9-5-13-6-14-9/h2,5-6,12H,3-4H2,1H3. The van der Waals surface area contributed by atoms with Crippen molar-refractivity contribution in [3.05, 3.63) is 36.9 Å². The van der Waals surface area contributed by atoms with Crippen LogP contribution in [0.2, 0.25) is 0 Å². The molecule has 2 heterocycles. The van der Waals surface area contributed by atoms with Crippen molar-refractivity contribution in [1.82, 2.24) is 10.3 Å². The molecule has 1 N–H and O–H groups in total. The number of nitrogens with one attached hydrogen (secondary N) is 1. The summed E-state index contributed by atoms with van der Waals surface area (Å²) in [5.41, 5.74) is 3.18. The van der Waals surface area contributed by atoms with Crippen molar-refractivity contribution in [2.24, 2.45) is 0 Å². The van der Waals surface area contributed by atoms with Crippen LogP contribution >= 0.6 is 38.6 Å². The Morgan fingerprint density at radius 3 is 2.80 bits per heavy atom. The van der Waals surface area contributed by atoms with E-state index < -0.39 is 0 Å². The van der Waals surface area contributed by atoms with Gasteiger partial charge in [0.15, 0.2) is 0 Å². The molecule has 5 heteroatoms. The molecule has 0 aliphatic heterocycles. The molecule has 15 heavy (non-hydrogen) atoms. The van der Waals surface area contributed by atoms with E-state index in [0.29, 0.717) is 0 Å². The molecule has 0 aliphatic rings. The predicted octanol–water partition coefficient (Wildman–Crippen LogP) is 3.57. The van der Waals surface area contributed by atoms with Crippen LogP contribution in [-0.2, 0) is 13.1 Å². The molecule has 0 bridgehead atoms. The van der Waals surface area contributed by atoms with Crippen LogP contribution in [0.5, 0.6) is 0 Å². The molecular formula is C10H11BrN2S2. The minimum atomic E-state index is 0.902. The zero-order chi connectivity index (χ0) is 10.7. The van der Waals surface area contributed by atoms with Crippen LogP contribution in [0.1, 0.15) is 15.3 Å². The van der Waals surface area contributed by atoms with Crippen LogP contribution in [0.15, 0.2) is 21.6 Å². The number of halogens is 1. The quantitative estimate of drug-likeness (QED) is 0.934. The Bertz CT molecular complexity index is 403. The molecule has 0 aromatic carbocycles. The largest absolute Gasteiger partial charge is 0.307 e. The zero-order valence-corrected chi connectivity index (χ0v) is 11.5. The Morgan fingerprint density at radius 2 is 2.20 bits per heavy atom. The molecule has 0 radical (unpaired) electrons. The Morgan fingerprint density at radius 1 is 1.40 bits per heavy atom. The number of aromatic nitrogens is 1. The van der Waals surface area contributed by atoms with Gasteiger partial charge >= 0.3 is 0 Å². The van der Waals surface area contributed by atoms with Crippen molar-refractivity contribution in [3.63, 3.8) is 0 Å². The molecule has 2 aromatic heterocycles. The number of thiophene rings is 1. The Hall–Kier alpha value is -0.230. The monoisotopic (exact) mass is 302 g/mol. The van der Waals surface area contributed by atoms with E-state index in [9.17, 15) is 0 Å². The van der Waals surface area contributed by atoms with Gasteiger partial charge in [-0.3, -0.25) is 4.98 Å². The van der Waals surface area contributed by atoms with Crippen molar-refractivity contribution in [1.29, 1.82) is 0 Å². The van der Waals surface area contributed by atoms with Gasteiger partial charge in [-0.25, -0.2) is 0 Å². The molecule has 80 valence electrons. The summed E-state index contributed by atoms with van der Waals surface area (Å²) < 4.78 is 1.23. The number of nitrogens with zero attached hydrogens (tertiary/aromatic N) is 1. The summed E-state index contributed by atoms with van der Waals surface area (Å²) in [4.78, 5) is 6.68. The van der Waals surface area contributed by atoms with Crippen LogP contribution in [0.3, 0.4) is 0 Å². The fourth-order valence-corrected chi connectivity index (χ4v) is 3.41. The van der Waals surface area contributed by atoms with Gasteiger partial charge in [0.2, 0.25) is 0 Å². The molecule has 0 aliphatic carbocycles. The van der Waals surface area contributed by atoms with Crippen LogP contribution in [-0.4, -0.2) is 4.98 Å². The molecule has 0 saturated heterocycles. The van der Waals surface area contributed by atoms with Crippen LogP contribution < -0.4 is 5.32 Å². The molecule has 0 spiro atoms. The summed E-state index contributed by atoms with van der Waals surface area (Å²) in [6, 6.07) is 2.22. The van der Waals surface area contributed by atoms with E-state index in [2.05, 4.69) is 39.2 Å². The van der Waals surface area contributed by atoms with Gasteiger partial charge in [-0.2, -0.15) is 0 Å². The van der Waals surface area contributed by atoms with Gasteiger partial charge in [-0.1, -0.05) is 0 Å². The first-order chi connectivity index (χ1) is 7.25. The first-order valence-corrected chi connectivity index (χ1v) is 7.07. The lowest BCUT2D eigenvalue weighted by Gasteiger charge is -1.99. The minimum absolute atomic E-state index is 0.902. The summed E-state index contributed by atoms with van der Waals surface area (Å²) in [6.45, 7) is 3.95. The van der Waals surface area contributed by atoms with Crippen molar-refractivity contribution >= 4 is 38.6 Å². The number of rotatable bonds is 4. The van der Waals surface area contributed by atoms with E-state index >= 15 is 0 Å². The molecule has 0 amide bonds. The first kappa shape index (κ1) is 11.3. The van der Waals surface area contributed by atoms with Gasteiger partial charge < -0.3 is 5.32 Å². The van der Waals surface area contributed by atoms with E-state index in [1.165, 1.54) is 19.1 Å². The third kappa shape index (κ3) is 3.11. The zero-order valence-electron chi connectivity index (χ0n) is 8.29. The van der Waals surface area contributed by atoms with E-state index in [1.54, 1.807) is 22.7 Å². The lowest BCUT2D eigenvalue weighted by molar-refractivity contribution is 0.707. The number of aryl methyl sites for hydroxylation is 1. The fraction of sp³-hybridized carbons (Fsp3) is 0.300. The summed E-state index contributed by atoms with van der Waals surface area (Å²) >= 11 is 7.01. The second kappa shape index (κ2) is 5.21. The Labute approximate surface area is 106 Å². The minimum Gasteiger partial charge on any atom is -0.307 e. The van der Waals surface area contributed by atoms with Gasteiger partial charge in [0.05, 0.1) is 9.30 Å². The van der Waals surface area contributed by atoms with Gasteiger partial charge in [0.1, 0.15) is 0 Å². The fourth-order valence-electron chi connectivity index (χ4n) is 1.25. The van der Waals surface area contributed by atoms with Crippen molar-refractivity contribution in [3.8, 4) is 0 Å². The number of hydrogen-bond acceptors (Lipinski definition) is 4. The Balaban J connectivity index is 1.83. The highest BCUT2D eigenvalue weighted by Crippen LogP contribution is 2.27. The smallest absolute Gasteiger partial charge is 0.0794 e. The molecular weight excluding hydrogens is 292 g/mol. The summed E-state index contributed by atoms with van der Waals surface area (Å²) in [5.74, 6) is 0.